The number of piperidine rings is 1. The van der Waals surface area contributed by atoms with Gasteiger partial charge in [0.1, 0.15) is 0 Å². The lowest BCUT2D eigenvalue weighted by Crippen LogP contribution is -2.50. The number of quaternary nitrogens is 1. The Hall–Kier alpha value is -0.600. The van der Waals surface area contributed by atoms with E-state index >= 15 is 0 Å². The maximum absolute atomic E-state index is 12.0. The van der Waals surface area contributed by atoms with Crippen LogP contribution in [0.25, 0.3) is 0 Å². The van der Waals surface area contributed by atoms with Gasteiger partial charge in [0.2, 0.25) is 0 Å². The second kappa shape index (κ2) is 8.39. The highest BCUT2D eigenvalue weighted by molar-refractivity contribution is 8.03. The molecule has 0 bridgehead atoms. The summed E-state index contributed by atoms with van der Waals surface area (Å²) in [6.45, 7) is 6.53. The molecule has 0 atom stereocenters. The molecular weight excluding hydrogens is 402 g/mol. The average Bonchev–Trinajstić information content (AvgIpc) is 2.35. The van der Waals surface area contributed by atoms with E-state index in [1.807, 2.05) is 0 Å². The summed E-state index contributed by atoms with van der Waals surface area (Å²) in [7, 11) is -10.6. The smallest absolute Gasteiger partial charge is 0.326 e. The van der Waals surface area contributed by atoms with Gasteiger partial charge in [-0.15, -0.1) is 0 Å². The molecule has 1 saturated heterocycles. The quantitative estimate of drug-likeness (QED) is 0.418. The highest BCUT2D eigenvalue weighted by Gasteiger charge is 2.68. The van der Waals surface area contributed by atoms with E-state index < -0.39 is 36.0 Å². The van der Waals surface area contributed by atoms with Crippen molar-refractivity contribution in [3.63, 3.8) is 0 Å². The van der Waals surface area contributed by atoms with Crippen molar-refractivity contribution in [1.29, 1.82) is 0 Å². The Morgan fingerprint density at radius 3 is 1.72 bits per heavy atom. The summed E-state index contributed by atoms with van der Waals surface area (Å²) in [5.74, 6) is 0. The minimum atomic E-state index is -6.75. The monoisotopic (exact) mass is 423 g/mol. The molecule has 14 heteroatoms. The minimum absolute atomic E-state index is 0.450. The van der Waals surface area contributed by atoms with Crippen LogP contribution in [0.3, 0.4) is 0 Å². The topological polar surface area (TPSA) is 80.3 Å². The third-order valence-electron chi connectivity index (χ3n) is 3.54. The molecule has 1 rings (SSSR count). The van der Waals surface area contributed by atoms with Gasteiger partial charge >= 0.3 is 31.9 Å². The van der Waals surface area contributed by atoms with E-state index in [-0.39, 0.29) is 0 Å². The Morgan fingerprint density at radius 1 is 0.960 bits per heavy atom. The normalized spacial score (nSPS) is 19.0. The van der Waals surface area contributed by atoms with E-state index in [9.17, 15) is 42.7 Å². The molecule has 25 heavy (non-hydrogen) atoms. The van der Waals surface area contributed by atoms with Crippen LogP contribution < -0.4 is 4.13 Å². The maximum Gasteiger partial charge on any atom is 0.471 e. The van der Waals surface area contributed by atoms with Crippen LogP contribution >= 0.6 is 0 Å². The minimum Gasteiger partial charge on any atom is -0.326 e. The molecule has 0 aromatic heterocycles. The van der Waals surface area contributed by atoms with E-state index in [0.717, 1.165) is 0 Å². The number of hydrogen-bond acceptors (Lipinski definition) is 4. The summed E-state index contributed by atoms with van der Waals surface area (Å²) < 4.78 is 110. The van der Waals surface area contributed by atoms with Crippen LogP contribution in [0.15, 0.2) is 0 Å². The summed E-state index contributed by atoms with van der Waals surface area (Å²) in [5, 5.41) is -6.42. The van der Waals surface area contributed by atoms with Crippen molar-refractivity contribution in [3.8, 4) is 0 Å². The fourth-order valence-electron chi connectivity index (χ4n) is 2.37. The molecular formula is C11H21F6N2O4S2+. The van der Waals surface area contributed by atoms with Crippen LogP contribution in [0, 0.1) is 0 Å². The fourth-order valence-corrected chi connectivity index (χ4v) is 4.15. The fraction of sp³-hybridized carbons (Fsp3) is 1.00. The molecule has 1 aliphatic rings. The lowest BCUT2D eigenvalue weighted by Gasteiger charge is -2.37. The third-order valence-corrected chi connectivity index (χ3v) is 6.12. The van der Waals surface area contributed by atoms with Gasteiger partial charge in [0.05, 0.1) is 26.7 Å². The Bertz CT molecular complexity index is 622. The number of hydrogen-bond donors (Lipinski definition) is 1. The molecule has 152 valence electrons. The molecule has 0 spiro atoms. The van der Waals surface area contributed by atoms with Crippen molar-refractivity contribution in [2.75, 3.05) is 26.7 Å². The Kier molecular flexibility index (Phi) is 8.19. The second-order valence-electron chi connectivity index (χ2n) is 5.89. The number of sulfonamides is 1. The third kappa shape index (κ3) is 7.66. The van der Waals surface area contributed by atoms with Gasteiger partial charge in [0.15, 0.2) is 0 Å². The van der Waals surface area contributed by atoms with E-state index in [1.165, 1.54) is 49.8 Å². The van der Waals surface area contributed by atoms with Crippen LogP contribution in [0.1, 0.15) is 32.6 Å². The molecule has 1 aliphatic heterocycles. The molecule has 0 unspecified atom stereocenters. The number of likely N-dealkylation sites (tertiary alicyclic amines) is 1. The van der Waals surface area contributed by atoms with Gasteiger partial charge < -0.3 is 4.48 Å². The highest BCUT2D eigenvalue weighted by Crippen LogP contribution is 2.39. The molecule has 0 radical (unpaired) electrons. The Labute approximate surface area is 143 Å². The van der Waals surface area contributed by atoms with Crippen LogP contribution in [-0.4, -0.2) is 59.4 Å². The largest absolute Gasteiger partial charge is 0.471 e. The van der Waals surface area contributed by atoms with Gasteiger partial charge in [-0.1, -0.05) is 14.9 Å². The van der Waals surface area contributed by atoms with Gasteiger partial charge in [-0.2, -0.15) is 30.4 Å². The highest BCUT2D eigenvalue weighted by atomic mass is 32.3. The molecule has 0 aromatic rings. The van der Waals surface area contributed by atoms with Crippen LogP contribution in [0.2, 0.25) is 0 Å². The van der Waals surface area contributed by atoms with Crippen LogP contribution in [-0.2, 0) is 20.4 Å². The van der Waals surface area contributed by atoms with E-state index in [2.05, 4.69) is 14.0 Å². The first-order valence-corrected chi connectivity index (χ1v) is 10.1. The predicted molar refractivity (Wildman–Crippen MR) is 78.0 cm³/mol. The molecule has 0 aliphatic carbocycles. The summed E-state index contributed by atoms with van der Waals surface area (Å²) in [6.07, 6.45) is -0.843. The number of nitrogens with zero attached hydrogens (tertiary/aromatic N) is 1. The summed E-state index contributed by atoms with van der Waals surface area (Å²) >= 11 is 0. The summed E-state index contributed by atoms with van der Waals surface area (Å²) in [5.41, 5.74) is 0. The van der Waals surface area contributed by atoms with Gasteiger partial charge in [-0.25, -0.2) is 8.42 Å². The van der Waals surface area contributed by atoms with E-state index in [4.69, 9.17) is 0 Å². The zero-order valence-electron chi connectivity index (χ0n) is 13.6. The second-order valence-corrected chi connectivity index (χ2v) is 8.95. The van der Waals surface area contributed by atoms with Gasteiger partial charge in [0.25, 0.3) is 0 Å². The molecule has 1 fully saturated rings. The molecule has 0 aromatic carbocycles. The average molecular weight is 423 g/mol. The first kappa shape index (κ1) is 24.4. The molecule has 0 amide bonds. The SMILES string of the molecule is CCC[N+]1(C)CCCCC1.O=S(=O)(F)NS(=O)(=O)C(F)(F)C(F)(F)F. The van der Waals surface area contributed by atoms with Crippen molar-refractivity contribution < 1.29 is 47.2 Å². The lowest BCUT2D eigenvalue weighted by atomic mass is 10.1. The van der Waals surface area contributed by atoms with Crippen LogP contribution in [0.4, 0.5) is 25.8 Å². The standard InChI is InChI=1S/C9H20N.C2HF6NO4S2/c1-3-7-10(2)8-5-4-6-9-10;3-1(4,5)2(6,7)14(10,11)9-15(8,12)13/h3-9H2,1-2H3;9H/q+1;. The molecule has 0 saturated carbocycles. The number of rotatable bonds is 5. The molecule has 1 heterocycles. The number of halogens is 6. The summed E-state index contributed by atoms with van der Waals surface area (Å²) in [6, 6.07) is 0. The van der Waals surface area contributed by atoms with Gasteiger partial charge in [0, 0.05) is 0 Å². The van der Waals surface area contributed by atoms with E-state index in [1.54, 1.807) is 0 Å². The zero-order valence-corrected chi connectivity index (χ0v) is 15.2. The molecule has 6 nitrogen and oxygen atoms in total. The predicted octanol–water partition coefficient (Wildman–Crippen LogP) is 2.30. The zero-order chi connectivity index (χ0) is 20.2. The Balaban J connectivity index is 0.000000496. The summed E-state index contributed by atoms with van der Waals surface area (Å²) in [4.78, 5) is 0. The van der Waals surface area contributed by atoms with E-state index in [0.29, 0.717) is 0 Å². The number of nitrogens with one attached hydrogen (secondary N) is 1. The maximum atomic E-state index is 12.0. The van der Waals surface area contributed by atoms with Crippen LogP contribution in [0.5, 0.6) is 0 Å². The molecule has 1 N–H and O–H groups in total. The van der Waals surface area contributed by atoms with Crippen molar-refractivity contribution in [2.24, 2.45) is 0 Å². The number of alkyl halides is 5. The van der Waals surface area contributed by atoms with Crippen molar-refractivity contribution in [3.05, 3.63) is 0 Å². The van der Waals surface area contributed by atoms with Gasteiger partial charge in [-0.05, 0) is 25.7 Å². The first-order valence-electron chi connectivity index (χ1n) is 7.23. The van der Waals surface area contributed by atoms with Crippen molar-refractivity contribution in [2.45, 2.75) is 44.0 Å². The first-order chi connectivity index (χ1) is 11.0. The van der Waals surface area contributed by atoms with Crippen molar-refractivity contribution in [1.82, 2.24) is 4.13 Å². The lowest BCUT2D eigenvalue weighted by molar-refractivity contribution is -0.914. The Morgan fingerprint density at radius 2 is 1.40 bits per heavy atom. The van der Waals surface area contributed by atoms with Crippen molar-refractivity contribution >= 4 is 20.4 Å². The van der Waals surface area contributed by atoms with Gasteiger partial charge in [-0.3, -0.25) is 0 Å².